The second-order valence-electron chi connectivity index (χ2n) is 5.67. The van der Waals surface area contributed by atoms with Crippen LogP contribution in [0.1, 0.15) is 18.1 Å². The molecule has 0 heterocycles. The van der Waals surface area contributed by atoms with Gasteiger partial charge in [0.15, 0.2) is 0 Å². The van der Waals surface area contributed by atoms with Gasteiger partial charge in [0.1, 0.15) is 0 Å². The van der Waals surface area contributed by atoms with E-state index in [0.717, 1.165) is 16.8 Å². The highest BCUT2D eigenvalue weighted by Gasteiger charge is 2.19. The van der Waals surface area contributed by atoms with Gasteiger partial charge in [-0.15, -0.1) is 0 Å². The number of carbonyl (C=O) groups is 1. The maximum atomic E-state index is 12.4. The van der Waals surface area contributed by atoms with Crippen molar-refractivity contribution >= 4 is 34.8 Å². The van der Waals surface area contributed by atoms with E-state index in [4.69, 9.17) is 23.2 Å². The van der Waals surface area contributed by atoms with Crippen LogP contribution in [-0.2, 0) is 11.3 Å². The van der Waals surface area contributed by atoms with Gasteiger partial charge in [-0.05, 0) is 56.3 Å². The number of nitrogens with zero attached hydrogens (tertiary/aromatic N) is 1. The van der Waals surface area contributed by atoms with Crippen molar-refractivity contribution in [3.8, 4) is 0 Å². The highest BCUT2D eigenvalue weighted by Crippen LogP contribution is 2.21. The van der Waals surface area contributed by atoms with Crippen molar-refractivity contribution in [1.29, 1.82) is 0 Å². The Morgan fingerprint density at radius 3 is 2.39 bits per heavy atom. The Kier molecular flexibility index (Phi) is 6.05. The number of rotatable bonds is 5. The summed E-state index contributed by atoms with van der Waals surface area (Å²) in [6, 6.07) is 12.8. The summed E-state index contributed by atoms with van der Waals surface area (Å²) in [7, 11) is 1.90. The van der Waals surface area contributed by atoms with Crippen molar-refractivity contribution in [3.05, 3.63) is 63.6 Å². The number of amides is 1. The van der Waals surface area contributed by atoms with Crippen LogP contribution in [0.5, 0.6) is 0 Å². The molecule has 3 nitrogen and oxygen atoms in total. The maximum Gasteiger partial charge on any atom is 0.241 e. The van der Waals surface area contributed by atoms with Crippen molar-refractivity contribution in [1.82, 2.24) is 4.90 Å². The first-order valence-electron chi connectivity index (χ1n) is 7.38. The van der Waals surface area contributed by atoms with Gasteiger partial charge in [-0.1, -0.05) is 41.4 Å². The minimum Gasteiger partial charge on any atom is -0.324 e. The molecule has 122 valence electrons. The van der Waals surface area contributed by atoms with Crippen LogP contribution in [0.4, 0.5) is 5.69 Å². The van der Waals surface area contributed by atoms with Crippen LogP contribution >= 0.6 is 23.2 Å². The molecule has 2 aromatic rings. The number of nitrogens with one attached hydrogen (secondary N) is 1. The molecule has 1 N–H and O–H groups in total. The minimum absolute atomic E-state index is 0.0464. The predicted octanol–water partition coefficient (Wildman–Crippen LogP) is 4.76. The third-order valence-electron chi connectivity index (χ3n) is 3.80. The van der Waals surface area contributed by atoms with Crippen LogP contribution in [0.15, 0.2) is 42.5 Å². The van der Waals surface area contributed by atoms with Crippen LogP contribution in [0.3, 0.4) is 0 Å². The average Bonchev–Trinajstić information content (AvgIpc) is 2.47. The Morgan fingerprint density at radius 1 is 1.17 bits per heavy atom. The van der Waals surface area contributed by atoms with E-state index in [2.05, 4.69) is 5.32 Å². The third-order valence-corrected chi connectivity index (χ3v) is 4.23. The monoisotopic (exact) mass is 350 g/mol. The summed E-state index contributed by atoms with van der Waals surface area (Å²) in [4.78, 5) is 14.4. The standard InChI is InChI=1S/C18H20Cl2N2O/c1-12-6-4-5-7-17(12)21-18(23)13(2)22(3)11-14-8-15(19)10-16(20)9-14/h4-10,13H,11H2,1-3H3,(H,21,23). The first-order chi connectivity index (χ1) is 10.9. The number of hydrogen-bond acceptors (Lipinski definition) is 2. The van der Waals surface area contributed by atoms with E-state index in [0.29, 0.717) is 16.6 Å². The summed E-state index contributed by atoms with van der Waals surface area (Å²) < 4.78 is 0. The molecule has 0 aliphatic carbocycles. The van der Waals surface area contributed by atoms with E-state index in [1.807, 2.05) is 62.2 Å². The SMILES string of the molecule is Cc1ccccc1NC(=O)C(C)N(C)Cc1cc(Cl)cc(Cl)c1. The van der Waals surface area contributed by atoms with Gasteiger partial charge < -0.3 is 5.32 Å². The lowest BCUT2D eigenvalue weighted by Crippen LogP contribution is -2.39. The second kappa shape index (κ2) is 7.82. The molecule has 5 heteroatoms. The lowest BCUT2D eigenvalue weighted by molar-refractivity contribution is -0.120. The normalized spacial score (nSPS) is 12.3. The molecular weight excluding hydrogens is 331 g/mol. The molecule has 1 atom stereocenters. The number of para-hydroxylation sites is 1. The number of benzene rings is 2. The van der Waals surface area contributed by atoms with Crippen molar-refractivity contribution in [2.75, 3.05) is 12.4 Å². The van der Waals surface area contributed by atoms with E-state index < -0.39 is 0 Å². The maximum absolute atomic E-state index is 12.4. The molecule has 2 aromatic carbocycles. The number of anilines is 1. The molecule has 0 aromatic heterocycles. The molecule has 1 amide bonds. The Labute approximate surface area is 147 Å². The van der Waals surface area contributed by atoms with Crippen LogP contribution in [-0.4, -0.2) is 23.9 Å². The largest absolute Gasteiger partial charge is 0.324 e. The smallest absolute Gasteiger partial charge is 0.241 e. The van der Waals surface area contributed by atoms with Gasteiger partial charge in [-0.3, -0.25) is 9.69 Å². The molecule has 2 rings (SSSR count). The lowest BCUT2D eigenvalue weighted by Gasteiger charge is -2.24. The van der Waals surface area contributed by atoms with Crippen molar-refractivity contribution in [2.45, 2.75) is 26.4 Å². The molecule has 0 saturated carbocycles. The molecule has 0 saturated heterocycles. The first-order valence-corrected chi connectivity index (χ1v) is 8.14. The number of aryl methyl sites for hydroxylation is 1. The van der Waals surface area contributed by atoms with Crippen molar-refractivity contribution in [3.63, 3.8) is 0 Å². The Hall–Kier alpha value is -1.55. The number of hydrogen-bond donors (Lipinski definition) is 1. The fourth-order valence-electron chi connectivity index (χ4n) is 2.28. The first kappa shape index (κ1) is 17.8. The number of carbonyl (C=O) groups excluding carboxylic acids is 1. The highest BCUT2D eigenvalue weighted by molar-refractivity contribution is 6.34. The fourth-order valence-corrected chi connectivity index (χ4v) is 2.85. The molecule has 1 unspecified atom stereocenters. The fraction of sp³-hybridized carbons (Fsp3) is 0.278. The third kappa shape index (κ3) is 4.96. The molecule has 0 bridgehead atoms. The van der Waals surface area contributed by atoms with E-state index in [-0.39, 0.29) is 11.9 Å². The molecule has 23 heavy (non-hydrogen) atoms. The summed E-state index contributed by atoms with van der Waals surface area (Å²) in [5, 5.41) is 4.16. The Bertz CT molecular complexity index is 683. The summed E-state index contributed by atoms with van der Waals surface area (Å²) in [5.74, 6) is -0.0464. The summed E-state index contributed by atoms with van der Waals surface area (Å²) >= 11 is 12.0. The van der Waals surface area contributed by atoms with Gasteiger partial charge in [-0.2, -0.15) is 0 Å². The van der Waals surface area contributed by atoms with E-state index in [1.54, 1.807) is 6.07 Å². The van der Waals surface area contributed by atoms with E-state index >= 15 is 0 Å². The highest BCUT2D eigenvalue weighted by atomic mass is 35.5. The van der Waals surface area contributed by atoms with Gasteiger partial charge >= 0.3 is 0 Å². The summed E-state index contributed by atoms with van der Waals surface area (Å²) in [6.45, 7) is 4.43. The Morgan fingerprint density at radius 2 is 1.78 bits per heavy atom. The second-order valence-corrected chi connectivity index (χ2v) is 6.55. The zero-order valence-corrected chi connectivity index (χ0v) is 14.9. The molecular formula is C18H20Cl2N2O. The Balaban J connectivity index is 2.02. The minimum atomic E-state index is -0.285. The van der Waals surface area contributed by atoms with Crippen LogP contribution in [0.25, 0.3) is 0 Å². The quantitative estimate of drug-likeness (QED) is 0.842. The number of halogens is 2. The summed E-state index contributed by atoms with van der Waals surface area (Å²) in [6.07, 6.45) is 0. The molecule has 0 radical (unpaired) electrons. The molecule has 0 spiro atoms. The average molecular weight is 351 g/mol. The van der Waals surface area contributed by atoms with Crippen LogP contribution < -0.4 is 5.32 Å². The van der Waals surface area contributed by atoms with Gasteiger partial charge in [0.2, 0.25) is 5.91 Å². The molecule has 0 fully saturated rings. The van der Waals surface area contributed by atoms with Crippen molar-refractivity contribution in [2.24, 2.45) is 0 Å². The zero-order valence-electron chi connectivity index (χ0n) is 13.4. The van der Waals surface area contributed by atoms with E-state index in [9.17, 15) is 4.79 Å². The van der Waals surface area contributed by atoms with Crippen molar-refractivity contribution < 1.29 is 4.79 Å². The summed E-state index contributed by atoms with van der Waals surface area (Å²) in [5.41, 5.74) is 2.85. The van der Waals surface area contributed by atoms with Crippen LogP contribution in [0, 0.1) is 6.92 Å². The zero-order chi connectivity index (χ0) is 17.0. The van der Waals surface area contributed by atoms with Gasteiger partial charge in [-0.25, -0.2) is 0 Å². The molecule has 0 aliphatic heterocycles. The topological polar surface area (TPSA) is 32.3 Å². The van der Waals surface area contributed by atoms with E-state index in [1.165, 1.54) is 0 Å². The molecule has 0 aliphatic rings. The van der Waals surface area contributed by atoms with Gasteiger partial charge in [0.05, 0.1) is 6.04 Å². The number of likely N-dealkylation sites (N-methyl/N-ethyl adjacent to an activating group) is 1. The predicted molar refractivity (Wildman–Crippen MR) is 97.2 cm³/mol. The lowest BCUT2D eigenvalue weighted by atomic mass is 10.1. The van der Waals surface area contributed by atoms with Gasteiger partial charge in [0, 0.05) is 22.3 Å². The van der Waals surface area contributed by atoms with Crippen LogP contribution in [0.2, 0.25) is 10.0 Å². The van der Waals surface area contributed by atoms with Gasteiger partial charge in [0.25, 0.3) is 0 Å².